The second kappa shape index (κ2) is 7.27. The van der Waals surface area contributed by atoms with Gasteiger partial charge in [0.1, 0.15) is 0 Å². The lowest BCUT2D eigenvalue weighted by atomic mass is 10.00. The Balaban J connectivity index is 1.61. The van der Waals surface area contributed by atoms with E-state index in [1.807, 2.05) is 4.68 Å². The van der Waals surface area contributed by atoms with Gasteiger partial charge in [0.2, 0.25) is 0 Å². The highest BCUT2D eigenvalue weighted by atomic mass is 15.5. The zero-order valence-electron chi connectivity index (χ0n) is 17.9. The summed E-state index contributed by atoms with van der Waals surface area (Å²) < 4.78 is 1.82. The first-order valence-corrected chi connectivity index (χ1v) is 10.8. The molecule has 0 bridgehead atoms. The second-order valence-electron chi connectivity index (χ2n) is 8.53. The molecule has 0 amide bonds. The van der Waals surface area contributed by atoms with Crippen LogP contribution < -0.4 is 9.80 Å². The van der Waals surface area contributed by atoms with Gasteiger partial charge in [-0.05, 0) is 67.4 Å². The van der Waals surface area contributed by atoms with Crippen LogP contribution in [-0.2, 0) is 0 Å². The molecule has 5 rings (SSSR count). The Morgan fingerprint density at radius 2 is 1.73 bits per heavy atom. The maximum Gasteiger partial charge on any atom is 0.187 e. The summed E-state index contributed by atoms with van der Waals surface area (Å²) in [6, 6.07) is 15.6. The quantitative estimate of drug-likeness (QED) is 0.636. The van der Waals surface area contributed by atoms with Crippen LogP contribution in [0.4, 0.5) is 11.4 Å². The highest BCUT2D eigenvalue weighted by molar-refractivity contribution is 5.82. The summed E-state index contributed by atoms with van der Waals surface area (Å²) >= 11 is 0. The molecule has 0 N–H and O–H groups in total. The molecule has 2 heterocycles. The molecule has 0 spiro atoms. The number of anilines is 2. The molecule has 30 heavy (non-hydrogen) atoms. The number of benzene rings is 2. The van der Waals surface area contributed by atoms with E-state index in [4.69, 9.17) is 0 Å². The molecule has 1 aliphatic heterocycles. The van der Waals surface area contributed by atoms with Crippen LogP contribution in [0.25, 0.3) is 17.1 Å². The van der Waals surface area contributed by atoms with Gasteiger partial charge in [-0.1, -0.05) is 37.1 Å². The molecule has 1 aromatic heterocycles. The van der Waals surface area contributed by atoms with E-state index >= 15 is 0 Å². The molecule has 1 atom stereocenters. The first-order valence-electron chi connectivity index (χ1n) is 10.8. The molecule has 2 aromatic carbocycles. The molecular weight excluding hydrogens is 372 g/mol. The standard InChI is InChI=1S/C24H28N6/c1-16-9-12-21(13-10-16)30-24(25-26-27-30)19-11-14-22-23(15-19)29(20-7-5-6-8-20)18(3)17(2)28(22)4/h9-15,18,20H,2,5-8H2,1,3-4H3. The number of nitrogens with zero attached hydrogens (tertiary/aromatic N) is 6. The summed E-state index contributed by atoms with van der Waals surface area (Å²) in [5.41, 5.74) is 6.79. The van der Waals surface area contributed by atoms with Crippen molar-refractivity contribution in [3.8, 4) is 17.1 Å². The molecule has 154 valence electrons. The molecule has 1 fully saturated rings. The van der Waals surface area contributed by atoms with Crippen molar-refractivity contribution < 1.29 is 0 Å². The van der Waals surface area contributed by atoms with Crippen molar-refractivity contribution in [3.05, 3.63) is 60.3 Å². The minimum atomic E-state index is 0.272. The van der Waals surface area contributed by atoms with E-state index in [-0.39, 0.29) is 6.04 Å². The van der Waals surface area contributed by atoms with E-state index < -0.39 is 0 Å². The van der Waals surface area contributed by atoms with E-state index in [9.17, 15) is 0 Å². The molecule has 3 aromatic rings. The number of fused-ring (bicyclic) bond motifs is 1. The van der Waals surface area contributed by atoms with Crippen LogP contribution in [0.5, 0.6) is 0 Å². The van der Waals surface area contributed by atoms with Crippen molar-refractivity contribution in [2.45, 2.75) is 51.6 Å². The topological polar surface area (TPSA) is 50.1 Å². The summed E-state index contributed by atoms with van der Waals surface area (Å²) in [6.07, 6.45) is 5.09. The Kier molecular flexibility index (Phi) is 4.57. The van der Waals surface area contributed by atoms with Crippen LogP contribution in [0.15, 0.2) is 54.7 Å². The van der Waals surface area contributed by atoms with Crippen molar-refractivity contribution in [1.82, 2.24) is 20.2 Å². The summed E-state index contributed by atoms with van der Waals surface area (Å²) in [4.78, 5) is 4.80. The number of aromatic nitrogens is 4. The van der Waals surface area contributed by atoms with Gasteiger partial charge in [0.05, 0.1) is 23.1 Å². The average molecular weight is 401 g/mol. The summed E-state index contributed by atoms with van der Waals surface area (Å²) in [6.45, 7) is 8.72. The lowest BCUT2D eigenvalue weighted by Gasteiger charge is -2.46. The number of hydrogen-bond acceptors (Lipinski definition) is 5. The van der Waals surface area contributed by atoms with Gasteiger partial charge in [-0.3, -0.25) is 0 Å². The number of likely N-dealkylation sites (N-methyl/N-ethyl adjacent to an activating group) is 1. The molecule has 1 aliphatic carbocycles. The van der Waals surface area contributed by atoms with Gasteiger partial charge < -0.3 is 9.80 Å². The maximum atomic E-state index is 4.38. The zero-order valence-corrected chi connectivity index (χ0v) is 17.9. The summed E-state index contributed by atoms with van der Waals surface area (Å²) in [5, 5.41) is 12.6. The normalized spacial score (nSPS) is 19.4. The predicted molar refractivity (Wildman–Crippen MR) is 121 cm³/mol. The van der Waals surface area contributed by atoms with Crippen molar-refractivity contribution in [2.75, 3.05) is 16.8 Å². The Labute approximate surface area is 177 Å². The maximum absolute atomic E-state index is 4.38. The number of hydrogen-bond donors (Lipinski definition) is 0. The highest BCUT2D eigenvalue weighted by Gasteiger charge is 2.35. The van der Waals surface area contributed by atoms with Crippen LogP contribution >= 0.6 is 0 Å². The van der Waals surface area contributed by atoms with Crippen molar-refractivity contribution in [2.24, 2.45) is 0 Å². The number of rotatable bonds is 3. The lowest BCUT2D eigenvalue weighted by Crippen LogP contribution is -2.48. The SMILES string of the molecule is C=C1C(C)N(C2CCCC2)c2cc(-c3nnnn3-c3ccc(C)cc3)ccc2N1C. The first kappa shape index (κ1) is 18.9. The van der Waals surface area contributed by atoms with Crippen LogP contribution in [0.1, 0.15) is 38.2 Å². The van der Waals surface area contributed by atoms with E-state index in [2.05, 4.69) is 95.3 Å². The highest BCUT2D eigenvalue weighted by Crippen LogP contribution is 2.44. The van der Waals surface area contributed by atoms with Gasteiger partial charge in [0.15, 0.2) is 5.82 Å². The molecule has 2 aliphatic rings. The minimum absolute atomic E-state index is 0.272. The van der Waals surface area contributed by atoms with Gasteiger partial charge in [-0.15, -0.1) is 5.10 Å². The van der Waals surface area contributed by atoms with E-state index in [0.717, 1.165) is 22.8 Å². The molecular formula is C24H28N6. The Morgan fingerprint density at radius 3 is 2.47 bits per heavy atom. The number of aryl methyl sites for hydroxylation is 1. The van der Waals surface area contributed by atoms with Crippen LogP contribution in [0.2, 0.25) is 0 Å². The molecule has 6 heteroatoms. The van der Waals surface area contributed by atoms with Crippen molar-refractivity contribution in [3.63, 3.8) is 0 Å². The van der Waals surface area contributed by atoms with E-state index in [1.165, 1.54) is 42.6 Å². The minimum Gasteiger partial charge on any atom is -0.359 e. The van der Waals surface area contributed by atoms with Crippen LogP contribution in [-0.4, -0.2) is 39.3 Å². The summed E-state index contributed by atoms with van der Waals surface area (Å²) in [5.74, 6) is 0.757. The van der Waals surface area contributed by atoms with E-state index in [1.54, 1.807) is 0 Å². The molecule has 1 unspecified atom stereocenters. The molecule has 1 saturated carbocycles. The van der Waals surface area contributed by atoms with Crippen LogP contribution in [0, 0.1) is 6.92 Å². The smallest absolute Gasteiger partial charge is 0.187 e. The first-order chi connectivity index (χ1) is 14.5. The third kappa shape index (κ3) is 2.98. The van der Waals surface area contributed by atoms with Crippen molar-refractivity contribution >= 4 is 11.4 Å². The van der Waals surface area contributed by atoms with Gasteiger partial charge >= 0.3 is 0 Å². The fourth-order valence-corrected chi connectivity index (χ4v) is 4.88. The largest absolute Gasteiger partial charge is 0.359 e. The molecule has 0 saturated heterocycles. The molecule has 0 radical (unpaired) electrons. The Morgan fingerprint density at radius 1 is 1.00 bits per heavy atom. The fourth-order valence-electron chi connectivity index (χ4n) is 4.88. The Bertz CT molecular complexity index is 1080. The van der Waals surface area contributed by atoms with Gasteiger partial charge in [-0.25, -0.2) is 0 Å². The average Bonchev–Trinajstić information content (AvgIpc) is 3.45. The second-order valence-corrected chi connectivity index (χ2v) is 8.53. The Hall–Kier alpha value is -3.15. The third-order valence-corrected chi connectivity index (χ3v) is 6.67. The third-order valence-electron chi connectivity index (χ3n) is 6.67. The van der Waals surface area contributed by atoms with Crippen molar-refractivity contribution in [1.29, 1.82) is 0 Å². The predicted octanol–water partition coefficient (Wildman–Crippen LogP) is 4.74. The fraction of sp³-hybridized carbons (Fsp3) is 0.375. The zero-order chi connectivity index (χ0) is 20.8. The lowest BCUT2D eigenvalue weighted by molar-refractivity contribution is 0.550. The number of tetrazole rings is 1. The summed E-state index contributed by atoms with van der Waals surface area (Å²) in [7, 11) is 2.11. The van der Waals surface area contributed by atoms with Crippen LogP contribution in [0.3, 0.4) is 0 Å². The van der Waals surface area contributed by atoms with E-state index in [0.29, 0.717) is 6.04 Å². The molecule has 6 nitrogen and oxygen atoms in total. The van der Waals surface area contributed by atoms with Gasteiger partial charge in [0, 0.05) is 24.4 Å². The van der Waals surface area contributed by atoms with Gasteiger partial charge in [-0.2, -0.15) is 4.68 Å². The van der Waals surface area contributed by atoms with Gasteiger partial charge in [0.25, 0.3) is 0 Å². The monoisotopic (exact) mass is 400 g/mol.